The molecule has 20 heavy (non-hydrogen) atoms. The van der Waals surface area contributed by atoms with Gasteiger partial charge in [-0.3, -0.25) is 0 Å². The van der Waals surface area contributed by atoms with E-state index in [4.69, 9.17) is 10.9 Å². The van der Waals surface area contributed by atoms with Gasteiger partial charge in [0.2, 0.25) is 0 Å². The second-order valence-electron chi connectivity index (χ2n) is 5.45. The number of hydrogen-bond donors (Lipinski definition) is 2. The van der Waals surface area contributed by atoms with Crippen LogP contribution in [0, 0.1) is 0 Å². The van der Waals surface area contributed by atoms with E-state index in [0.717, 1.165) is 16.9 Å². The molecule has 3 N–H and O–H groups in total. The Balaban J connectivity index is 2.07. The van der Waals surface area contributed by atoms with Crippen molar-refractivity contribution in [2.75, 3.05) is 0 Å². The van der Waals surface area contributed by atoms with E-state index in [1.807, 2.05) is 18.2 Å². The first-order valence-electron chi connectivity index (χ1n) is 7.22. The molecule has 1 heterocycles. The lowest BCUT2D eigenvalue weighted by atomic mass is 9.95. The minimum absolute atomic E-state index is 0.206. The summed E-state index contributed by atoms with van der Waals surface area (Å²) >= 11 is 0. The van der Waals surface area contributed by atoms with Crippen molar-refractivity contribution >= 4 is 16.9 Å². The third-order valence-electron chi connectivity index (χ3n) is 4.08. The van der Waals surface area contributed by atoms with Gasteiger partial charge in [0.15, 0.2) is 0 Å². The molecule has 0 atom stereocenters. The van der Waals surface area contributed by atoms with Crippen LogP contribution in [0.4, 0.5) is 0 Å². The first kappa shape index (κ1) is 13.0. The molecule has 1 aliphatic carbocycles. The predicted octanol–water partition coefficient (Wildman–Crippen LogP) is 2.83. The predicted molar refractivity (Wildman–Crippen MR) is 79.0 cm³/mol. The van der Waals surface area contributed by atoms with Gasteiger partial charge in [0.05, 0.1) is 17.5 Å². The van der Waals surface area contributed by atoms with E-state index in [-0.39, 0.29) is 5.84 Å². The summed E-state index contributed by atoms with van der Waals surface area (Å²) in [6.45, 7) is 0. The number of imidazole rings is 1. The number of para-hydroxylation sites is 2. The fraction of sp³-hybridized carbons (Fsp3) is 0.467. The molecule has 1 aliphatic rings. The van der Waals surface area contributed by atoms with Gasteiger partial charge >= 0.3 is 0 Å². The van der Waals surface area contributed by atoms with Crippen molar-refractivity contribution in [2.45, 2.75) is 44.6 Å². The van der Waals surface area contributed by atoms with Crippen molar-refractivity contribution in [1.82, 2.24) is 9.55 Å². The number of rotatable bonds is 3. The zero-order chi connectivity index (χ0) is 13.9. The van der Waals surface area contributed by atoms with E-state index in [9.17, 15) is 0 Å². The fourth-order valence-corrected chi connectivity index (χ4v) is 3.16. The summed E-state index contributed by atoms with van der Waals surface area (Å²) in [7, 11) is 0. The molecule has 5 heteroatoms. The Morgan fingerprint density at radius 3 is 2.80 bits per heavy atom. The van der Waals surface area contributed by atoms with E-state index < -0.39 is 0 Å². The Labute approximate surface area is 118 Å². The molecule has 1 fully saturated rings. The zero-order valence-electron chi connectivity index (χ0n) is 11.5. The summed E-state index contributed by atoms with van der Waals surface area (Å²) in [4.78, 5) is 4.67. The number of nitrogens with zero attached hydrogens (tertiary/aromatic N) is 3. The van der Waals surface area contributed by atoms with E-state index in [0.29, 0.717) is 12.5 Å². The minimum Gasteiger partial charge on any atom is -0.409 e. The van der Waals surface area contributed by atoms with Crippen LogP contribution >= 0.6 is 0 Å². The van der Waals surface area contributed by atoms with Crippen LogP contribution in [-0.2, 0) is 6.42 Å². The molecule has 0 spiro atoms. The summed E-state index contributed by atoms with van der Waals surface area (Å²) in [5.41, 5.74) is 7.81. The highest BCUT2D eigenvalue weighted by Crippen LogP contribution is 2.32. The van der Waals surface area contributed by atoms with Gasteiger partial charge in [-0.25, -0.2) is 4.98 Å². The Bertz CT molecular complexity index is 626. The van der Waals surface area contributed by atoms with Crippen LogP contribution in [0.15, 0.2) is 29.4 Å². The van der Waals surface area contributed by atoms with Crippen LogP contribution in [0.5, 0.6) is 0 Å². The van der Waals surface area contributed by atoms with Crippen molar-refractivity contribution in [3.05, 3.63) is 30.1 Å². The number of aromatic nitrogens is 2. The van der Waals surface area contributed by atoms with Gasteiger partial charge in [-0.1, -0.05) is 36.6 Å². The molecule has 3 rings (SSSR count). The average Bonchev–Trinajstić information content (AvgIpc) is 2.85. The third kappa shape index (κ3) is 2.35. The molecular weight excluding hydrogens is 252 g/mol. The summed E-state index contributed by atoms with van der Waals surface area (Å²) in [5, 5.41) is 11.9. The number of fused-ring (bicyclic) bond motifs is 1. The maximum Gasteiger partial charge on any atom is 0.146 e. The summed E-state index contributed by atoms with van der Waals surface area (Å²) in [6.07, 6.45) is 6.60. The van der Waals surface area contributed by atoms with E-state index in [2.05, 4.69) is 20.8 Å². The smallest absolute Gasteiger partial charge is 0.146 e. The number of benzene rings is 1. The summed E-state index contributed by atoms with van der Waals surface area (Å²) in [6, 6.07) is 8.64. The molecule has 1 aromatic heterocycles. The quantitative estimate of drug-likeness (QED) is 0.390. The normalized spacial score (nSPS) is 17.7. The summed E-state index contributed by atoms with van der Waals surface area (Å²) in [5.74, 6) is 1.10. The van der Waals surface area contributed by atoms with Crippen LogP contribution in [0.1, 0.15) is 44.0 Å². The van der Waals surface area contributed by atoms with Crippen LogP contribution < -0.4 is 5.73 Å². The molecule has 1 saturated carbocycles. The highest BCUT2D eigenvalue weighted by molar-refractivity contribution is 5.83. The van der Waals surface area contributed by atoms with E-state index in [1.165, 1.54) is 32.1 Å². The molecule has 5 nitrogen and oxygen atoms in total. The van der Waals surface area contributed by atoms with Gasteiger partial charge in [0, 0.05) is 6.04 Å². The SMILES string of the molecule is NC(Cc1nc2ccccc2n1C1CCCCC1)=NO. The number of amidine groups is 1. The fourth-order valence-electron chi connectivity index (χ4n) is 3.16. The molecule has 0 amide bonds. The second kappa shape index (κ2) is 5.53. The zero-order valence-corrected chi connectivity index (χ0v) is 11.5. The average molecular weight is 272 g/mol. The Hall–Kier alpha value is -2.04. The first-order valence-corrected chi connectivity index (χ1v) is 7.22. The van der Waals surface area contributed by atoms with E-state index in [1.54, 1.807) is 0 Å². The van der Waals surface area contributed by atoms with Gasteiger partial charge in [-0.2, -0.15) is 0 Å². The monoisotopic (exact) mass is 272 g/mol. The largest absolute Gasteiger partial charge is 0.409 e. The van der Waals surface area contributed by atoms with Crippen LogP contribution in [-0.4, -0.2) is 20.6 Å². The van der Waals surface area contributed by atoms with Crippen molar-refractivity contribution in [3.63, 3.8) is 0 Å². The molecule has 0 radical (unpaired) electrons. The maximum atomic E-state index is 8.80. The lowest BCUT2D eigenvalue weighted by Gasteiger charge is -2.25. The number of hydrogen-bond acceptors (Lipinski definition) is 3. The number of nitrogens with two attached hydrogens (primary N) is 1. The second-order valence-corrected chi connectivity index (χ2v) is 5.45. The molecule has 106 valence electrons. The Morgan fingerprint density at radius 2 is 2.05 bits per heavy atom. The topological polar surface area (TPSA) is 76.4 Å². The lowest BCUT2D eigenvalue weighted by Crippen LogP contribution is -2.21. The number of oxime groups is 1. The molecular formula is C15H20N4O. The van der Waals surface area contributed by atoms with Gasteiger partial charge in [-0.15, -0.1) is 0 Å². The third-order valence-corrected chi connectivity index (χ3v) is 4.08. The van der Waals surface area contributed by atoms with Crippen molar-refractivity contribution in [3.8, 4) is 0 Å². The van der Waals surface area contributed by atoms with Gasteiger partial charge in [0.1, 0.15) is 11.7 Å². The Morgan fingerprint density at radius 1 is 1.30 bits per heavy atom. The van der Waals surface area contributed by atoms with E-state index >= 15 is 0 Å². The Kier molecular flexibility index (Phi) is 3.58. The highest BCUT2D eigenvalue weighted by atomic mass is 16.4. The van der Waals surface area contributed by atoms with Crippen LogP contribution in [0.3, 0.4) is 0 Å². The molecule has 2 aromatic rings. The highest BCUT2D eigenvalue weighted by Gasteiger charge is 2.21. The van der Waals surface area contributed by atoms with Crippen LogP contribution in [0.2, 0.25) is 0 Å². The van der Waals surface area contributed by atoms with Crippen molar-refractivity contribution in [2.24, 2.45) is 10.9 Å². The molecule has 0 saturated heterocycles. The molecule has 0 unspecified atom stereocenters. The van der Waals surface area contributed by atoms with Crippen molar-refractivity contribution < 1.29 is 5.21 Å². The van der Waals surface area contributed by atoms with Gasteiger partial charge < -0.3 is 15.5 Å². The molecule has 0 aliphatic heterocycles. The van der Waals surface area contributed by atoms with Crippen molar-refractivity contribution in [1.29, 1.82) is 0 Å². The van der Waals surface area contributed by atoms with Gasteiger partial charge in [-0.05, 0) is 25.0 Å². The lowest BCUT2D eigenvalue weighted by molar-refractivity contribution is 0.316. The van der Waals surface area contributed by atoms with Crippen LogP contribution in [0.25, 0.3) is 11.0 Å². The molecule has 0 bridgehead atoms. The molecule has 1 aromatic carbocycles. The maximum absolute atomic E-state index is 8.80. The minimum atomic E-state index is 0.206. The summed E-state index contributed by atoms with van der Waals surface area (Å²) < 4.78 is 2.30. The first-order chi connectivity index (χ1) is 9.79. The standard InChI is InChI=1S/C15H20N4O/c16-14(18-20)10-15-17-12-8-4-5-9-13(12)19(15)11-6-2-1-3-7-11/h4-5,8-9,11,20H,1-3,6-7,10H2,(H2,16,18). The van der Waals surface area contributed by atoms with Gasteiger partial charge in [0.25, 0.3) is 0 Å².